The van der Waals surface area contributed by atoms with Crippen molar-refractivity contribution in [3.05, 3.63) is 46.4 Å². The number of nitrogens with one attached hydrogen (secondary N) is 3. The number of hydrazine groups is 1. The first-order valence-electron chi connectivity index (χ1n) is 7.53. The standard InChI is InChI=1S/C15H19N5O4S/c1-24-9-5-8-20-14(23)18-19-15(20)25-10-12(21)16-17-13(22)11-6-3-2-4-7-11/h2-4,6-7H,5,8-10H2,1H3,(H,16,21)(H,17,22)(H,18,23). The van der Waals surface area contributed by atoms with Gasteiger partial charge < -0.3 is 4.74 Å². The molecule has 9 nitrogen and oxygen atoms in total. The van der Waals surface area contributed by atoms with Gasteiger partial charge in [0.1, 0.15) is 0 Å². The molecule has 0 aliphatic rings. The molecule has 0 atom stereocenters. The number of thioether (sulfide) groups is 1. The quantitative estimate of drug-likeness (QED) is 0.348. The van der Waals surface area contributed by atoms with Crippen LogP contribution in [0.5, 0.6) is 0 Å². The molecule has 10 heteroatoms. The number of carbonyl (C=O) groups is 2. The van der Waals surface area contributed by atoms with E-state index in [9.17, 15) is 14.4 Å². The van der Waals surface area contributed by atoms with Crippen molar-refractivity contribution in [3.8, 4) is 0 Å². The van der Waals surface area contributed by atoms with Crippen molar-refractivity contribution in [3.63, 3.8) is 0 Å². The van der Waals surface area contributed by atoms with Gasteiger partial charge in [0.15, 0.2) is 5.16 Å². The van der Waals surface area contributed by atoms with E-state index in [0.29, 0.717) is 30.3 Å². The molecule has 0 aliphatic heterocycles. The van der Waals surface area contributed by atoms with Gasteiger partial charge in [0.25, 0.3) is 5.91 Å². The van der Waals surface area contributed by atoms with Gasteiger partial charge in [-0.25, -0.2) is 9.89 Å². The number of benzene rings is 1. The lowest BCUT2D eigenvalue weighted by atomic mass is 10.2. The molecule has 0 radical (unpaired) electrons. The number of ether oxygens (including phenoxy) is 1. The number of aromatic nitrogens is 3. The van der Waals surface area contributed by atoms with Crippen molar-refractivity contribution in [2.45, 2.75) is 18.1 Å². The maximum Gasteiger partial charge on any atom is 0.343 e. The summed E-state index contributed by atoms with van der Waals surface area (Å²) >= 11 is 1.10. The van der Waals surface area contributed by atoms with Gasteiger partial charge in [-0.1, -0.05) is 30.0 Å². The van der Waals surface area contributed by atoms with E-state index >= 15 is 0 Å². The fraction of sp³-hybridized carbons (Fsp3) is 0.333. The minimum Gasteiger partial charge on any atom is -0.385 e. The molecule has 134 valence electrons. The van der Waals surface area contributed by atoms with E-state index in [-0.39, 0.29) is 11.4 Å². The van der Waals surface area contributed by atoms with Crippen LogP contribution >= 0.6 is 11.8 Å². The predicted octanol–water partition coefficient (Wildman–Crippen LogP) is 0.161. The molecule has 25 heavy (non-hydrogen) atoms. The molecular formula is C15H19N5O4S. The van der Waals surface area contributed by atoms with E-state index in [4.69, 9.17) is 4.74 Å². The molecule has 0 bridgehead atoms. The highest BCUT2D eigenvalue weighted by molar-refractivity contribution is 7.99. The normalized spacial score (nSPS) is 10.4. The van der Waals surface area contributed by atoms with Crippen LogP contribution < -0.4 is 16.5 Å². The van der Waals surface area contributed by atoms with Crippen LogP contribution in [0.15, 0.2) is 40.3 Å². The van der Waals surface area contributed by atoms with Crippen LogP contribution in [0.2, 0.25) is 0 Å². The number of hydrogen-bond donors (Lipinski definition) is 3. The van der Waals surface area contributed by atoms with E-state index in [0.717, 1.165) is 11.8 Å². The summed E-state index contributed by atoms with van der Waals surface area (Å²) in [5.41, 5.74) is 4.76. The maximum absolute atomic E-state index is 11.8. The molecule has 0 spiro atoms. The lowest BCUT2D eigenvalue weighted by Gasteiger charge is -2.07. The minimum atomic E-state index is -0.409. The number of carbonyl (C=O) groups excluding carboxylic acids is 2. The topological polar surface area (TPSA) is 118 Å². The Bertz CT molecular complexity index is 759. The van der Waals surface area contributed by atoms with Crippen molar-refractivity contribution < 1.29 is 14.3 Å². The van der Waals surface area contributed by atoms with Crippen LogP contribution in [-0.4, -0.2) is 46.0 Å². The molecule has 0 fully saturated rings. The van der Waals surface area contributed by atoms with Crippen LogP contribution in [0.3, 0.4) is 0 Å². The molecule has 2 amide bonds. The number of methoxy groups -OCH3 is 1. The molecule has 0 saturated carbocycles. The Kier molecular flexibility index (Phi) is 7.23. The van der Waals surface area contributed by atoms with Crippen molar-refractivity contribution in [2.24, 2.45) is 0 Å². The number of nitrogens with zero attached hydrogens (tertiary/aromatic N) is 2. The third-order valence-electron chi connectivity index (χ3n) is 3.14. The minimum absolute atomic E-state index is 0.00361. The largest absolute Gasteiger partial charge is 0.385 e. The molecule has 1 aromatic carbocycles. The summed E-state index contributed by atoms with van der Waals surface area (Å²) in [7, 11) is 1.59. The average molecular weight is 365 g/mol. The molecule has 1 heterocycles. The van der Waals surface area contributed by atoms with E-state index < -0.39 is 11.8 Å². The van der Waals surface area contributed by atoms with Crippen molar-refractivity contribution in [2.75, 3.05) is 19.5 Å². The zero-order valence-electron chi connectivity index (χ0n) is 13.7. The summed E-state index contributed by atoms with van der Waals surface area (Å²) in [5, 5.41) is 6.65. The fourth-order valence-corrected chi connectivity index (χ4v) is 2.70. The summed E-state index contributed by atoms with van der Waals surface area (Å²) in [5.74, 6) is -0.813. The van der Waals surface area contributed by atoms with E-state index in [1.54, 1.807) is 37.4 Å². The molecule has 3 N–H and O–H groups in total. The summed E-state index contributed by atoms with van der Waals surface area (Å²) < 4.78 is 6.40. The number of aromatic amines is 1. The number of hydrogen-bond acceptors (Lipinski definition) is 6. The van der Waals surface area contributed by atoms with Gasteiger partial charge in [-0.15, -0.1) is 5.10 Å². The van der Waals surface area contributed by atoms with E-state index in [1.165, 1.54) is 4.57 Å². The van der Waals surface area contributed by atoms with Crippen LogP contribution in [0, 0.1) is 0 Å². The fourth-order valence-electron chi connectivity index (χ4n) is 1.93. The molecule has 2 aromatic rings. The first-order valence-corrected chi connectivity index (χ1v) is 8.51. The van der Waals surface area contributed by atoms with Crippen molar-refractivity contribution in [1.82, 2.24) is 25.6 Å². The zero-order valence-corrected chi connectivity index (χ0v) is 14.5. The van der Waals surface area contributed by atoms with Crippen molar-refractivity contribution >= 4 is 23.6 Å². The summed E-state index contributed by atoms with van der Waals surface area (Å²) in [6, 6.07) is 8.53. The molecule has 2 rings (SSSR count). The average Bonchev–Trinajstić information content (AvgIpc) is 2.99. The molecule has 1 aromatic heterocycles. The first-order chi connectivity index (χ1) is 12.1. The second-order valence-electron chi connectivity index (χ2n) is 4.97. The predicted molar refractivity (Wildman–Crippen MR) is 92.1 cm³/mol. The third-order valence-corrected chi connectivity index (χ3v) is 4.11. The Labute approximate surface area is 148 Å². The highest BCUT2D eigenvalue weighted by Crippen LogP contribution is 2.12. The second kappa shape index (κ2) is 9.64. The van der Waals surface area contributed by atoms with Gasteiger partial charge in [0.2, 0.25) is 5.91 Å². The third kappa shape index (κ3) is 5.76. The lowest BCUT2D eigenvalue weighted by molar-refractivity contribution is -0.119. The van der Waals surface area contributed by atoms with Gasteiger partial charge in [-0.3, -0.25) is 25.0 Å². The number of rotatable bonds is 8. The monoisotopic (exact) mass is 365 g/mol. The molecular weight excluding hydrogens is 346 g/mol. The lowest BCUT2D eigenvalue weighted by Crippen LogP contribution is -2.42. The SMILES string of the molecule is COCCCn1c(SCC(=O)NNC(=O)c2ccccc2)n[nH]c1=O. The smallest absolute Gasteiger partial charge is 0.343 e. The van der Waals surface area contributed by atoms with Gasteiger partial charge in [0, 0.05) is 25.8 Å². The Hall–Kier alpha value is -2.59. The zero-order chi connectivity index (χ0) is 18.1. The Morgan fingerprint density at radius 1 is 1.28 bits per heavy atom. The van der Waals surface area contributed by atoms with Crippen LogP contribution in [0.1, 0.15) is 16.8 Å². The van der Waals surface area contributed by atoms with Gasteiger partial charge in [-0.2, -0.15) is 0 Å². The van der Waals surface area contributed by atoms with Gasteiger partial charge >= 0.3 is 5.69 Å². The van der Waals surface area contributed by atoms with Crippen LogP contribution in [-0.2, 0) is 16.1 Å². The van der Waals surface area contributed by atoms with Gasteiger partial charge in [-0.05, 0) is 18.6 Å². The Balaban J connectivity index is 1.80. The van der Waals surface area contributed by atoms with Gasteiger partial charge in [0.05, 0.1) is 5.75 Å². The maximum atomic E-state index is 11.8. The highest BCUT2D eigenvalue weighted by Gasteiger charge is 2.12. The summed E-state index contributed by atoms with van der Waals surface area (Å²) in [6.07, 6.45) is 0.656. The first kappa shape index (κ1) is 18.7. The summed E-state index contributed by atoms with van der Waals surface area (Å²) in [6.45, 7) is 0.964. The molecule has 0 unspecified atom stereocenters. The van der Waals surface area contributed by atoms with Crippen LogP contribution in [0.4, 0.5) is 0 Å². The van der Waals surface area contributed by atoms with Crippen molar-refractivity contribution in [1.29, 1.82) is 0 Å². The highest BCUT2D eigenvalue weighted by atomic mass is 32.2. The summed E-state index contributed by atoms with van der Waals surface area (Å²) in [4.78, 5) is 35.3. The Morgan fingerprint density at radius 3 is 2.76 bits per heavy atom. The Morgan fingerprint density at radius 2 is 2.04 bits per heavy atom. The second-order valence-corrected chi connectivity index (χ2v) is 5.91. The molecule has 0 aliphatic carbocycles. The number of amides is 2. The number of H-pyrrole nitrogens is 1. The van der Waals surface area contributed by atoms with E-state index in [1.807, 2.05) is 0 Å². The van der Waals surface area contributed by atoms with E-state index in [2.05, 4.69) is 21.0 Å². The molecule has 0 saturated heterocycles. The van der Waals surface area contributed by atoms with Crippen LogP contribution in [0.25, 0.3) is 0 Å².